The number of benzene rings is 1. The van der Waals surface area contributed by atoms with Gasteiger partial charge < -0.3 is 15.5 Å². The molecule has 3 N–H and O–H groups in total. The minimum absolute atomic E-state index is 0.283. The Bertz CT molecular complexity index is 884. The Morgan fingerprint density at radius 2 is 2.17 bits per heavy atom. The van der Waals surface area contributed by atoms with Gasteiger partial charge in [0.2, 0.25) is 5.88 Å². The van der Waals surface area contributed by atoms with Gasteiger partial charge in [-0.25, -0.2) is 4.98 Å². The molecule has 23 heavy (non-hydrogen) atoms. The van der Waals surface area contributed by atoms with Crippen molar-refractivity contribution in [2.45, 2.75) is 25.8 Å². The molecule has 2 aromatic heterocycles. The first kappa shape index (κ1) is 15.1. The van der Waals surface area contributed by atoms with Crippen LogP contribution in [0.3, 0.4) is 0 Å². The smallest absolute Gasteiger partial charge is 0.220 e. The molecule has 3 aromatic rings. The average molecular weight is 306 g/mol. The van der Waals surface area contributed by atoms with Gasteiger partial charge in [-0.1, -0.05) is 12.1 Å². The lowest BCUT2D eigenvalue weighted by Gasteiger charge is -2.17. The SMILES string of the molecule is CC(C)(N)Cc1c[nH]c2c(Oc3cc(C#N)ccn3)cccc12. The van der Waals surface area contributed by atoms with Gasteiger partial charge in [-0.3, -0.25) is 0 Å². The molecular formula is C18H18N4O. The zero-order valence-corrected chi connectivity index (χ0v) is 13.1. The summed E-state index contributed by atoms with van der Waals surface area (Å²) in [5.41, 5.74) is 8.40. The number of ether oxygens (including phenoxy) is 1. The summed E-state index contributed by atoms with van der Waals surface area (Å²) in [6.07, 6.45) is 4.29. The van der Waals surface area contributed by atoms with Crippen molar-refractivity contribution in [1.82, 2.24) is 9.97 Å². The molecule has 3 rings (SSSR count). The second kappa shape index (κ2) is 5.75. The highest BCUT2D eigenvalue weighted by Crippen LogP contribution is 2.31. The van der Waals surface area contributed by atoms with E-state index >= 15 is 0 Å². The molecule has 0 amide bonds. The minimum Gasteiger partial charge on any atom is -0.437 e. The fraction of sp³-hybridized carbons (Fsp3) is 0.222. The number of rotatable bonds is 4. The van der Waals surface area contributed by atoms with E-state index in [1.807, 2.05) is 38.2 Å². The van der Waals surface area contributed by atoms with Gasteiger partial charge in [-0.15, -0.1) is 0 Å². The van der Waals surface area contributed by atoms with Crippen LogP contribution >= 0.6 is 0 Å². The maximum atomic E-state index is 8.96. The van der Waals surface area contributed by atoms with E-state index in [1.165, 1.54) is 0 Å². The van der Waals surface area contributed by atoms with Crippen LogP contribution in [0.1, 0.15) is 25.0 Å². The minimum atomic E-state index is -0.283. The first-order valence-electron chi connectivity index (χ1n) is 7.38. The first-order chi connectivity index (χ1) is 11.0. The Kier molecular flexibility index (Phi) is 3.77. The van der Waals surface area contributed by atoms with Crippen molar-refractivity contribution in [1.29, 1.82) is 5.26 Å². The highest BCUT2D eigenvalue weighted by atomic mass is 16.5. The molecule has 0 atom stereocenters. The van der Waals surface area contributed by atoms with Crippen LogP contribution in [0.15, 0.2) is 42.7 Å². The highest BCUT2D eigenvalue weighted by Gasteiger charge is 2.16. The molecule has 0 aliphatic carbocycles. The standard InChI is InChI=1S/C18H18N4O/c1-18(2,20)9-13-11-22-17-14(13)4-3-5-15(17)23-16-8-12(10-19)6-7-21-16/h3-8,11,22H,9,20H2,1-2H3. The van der Waals surface area contributed by atoms with Crippen LogP contribution in [0.5, 0.6) is 11.6 Å². The first-order valence-corrected chi connectivity index (χ1v) is 7.38. The molecule has 0 saturated carbocycles. The monoisotopic (exact) mass is 306 g/mol. The summed E-state index contributed by atoms with van der Waals surface area (Å²) in [7, 11) is 0. The van der Waals surface area contributed by atoms with Gasteiger partial charge in [0.05, 0.1) is 17.1 Å². The van der Waals surface area contributed by atoms with Gasteiger partial charge in [-0.05, 0) is 38.0 Å². The van der Waals surface area contributed by atoms with E-state index in [4.69, 9.17) is 15.7 Å². The molecule has 0 bridgehead atoms. The van der Waals surface area contributed by atoms with Gasteiger partial charge in [0.1, 0.15) is 0 Å². The van der Waals surface area contributed by atoms with Crippen molar-refractivity contribution >= 4 is 10.9 Å². The fourth-order valence-corrected chi connectivity index (χ4v) is 2.55. The summed E-state index contributed by atoms with van der Waals surface area (Å²) in [6, 6.07) is 11.2. The van der Waals surface area contributed by atoms with Gasteiger partial charge in [0, 0.05) is 29.4 Å². The number of para-hydroxylation sites is 1. The van der Waals surface area contributed by atoms with E-state index in [1.54, 1.807) is 18.3 Å². The van der Waals surface area contributed by atoms with Gasteiger partial charge >= 0.3 is 0 Å². The summed E-state index contributed by atoms with van der Waals surface area (Å²) < 4.78 is 5.85. The topological polar surface area (TPSA) is 87.7 Å². The third-order valence-electron chi connectivity index (χ3n) is 3.49. The summed E-state index contributed by atoms with van der Waals surface area (Å²) in [5.74, 6) is 1.07. The lowest BCUT2D eigenvalue weighted by molar-refractivity contribution is 0.467. The van der Waals surface area contributed by atoms with Crippen molar-refractivity contribution < 1.29 is 4.74 Å². The normalized spacial score (nSPS) is 11.4. The average Bonchev–Trinajstić information content (AvgIpc) is 2.90. The number of nitrogens with one attached hydrogen (secondary N) is 1. The second-order valence-corrected chi connectivity index (χ2v) is 6.25. The van der Waals surface area contributed by atoms with Crippen LogP contribution in [0.4, 0.5) is 0 Å². The van der Waals surface area contributed by atoms with Crippen molar-refractivity contribution in [2.75, 3.05) is 0 Å². The third-order valence-corrected chi connectivity index (χ3v) is 3.49. The molecule has 1 aromatic carbocycles. The van der Waals surface area contributed by atoms with Crippen molar-refractivity contribution in [2.24, 2.45) is 5.73 Å². The molecule has 0 fully saturated rings. The Hall–Kier alpha value is -2.84. The summed E-state index contributed by atoms with van der Waals surface area (Å²) in [4.78, 5) is 7.40. The molecule has 0 radical (unpaired) electrons. The van der Waals surface area contributed by atoms with Crippen LogP contribution < -0.4 is 10.5 Å². The van der Waals surface area contributed by atoms with Crippen LogP contribution in [0, 0.1) is 11.3 Å². The van der Waals surface area contributed by atoms with Gasteiger partial charge in [0.25, 0.3) is 0 Å². The molecule has 2 heterocycles. The van der Waals surface area contributed by atoms with E-state index in [9.17, 15) is 0 Å². The Balaban J connectivity index is 1.97. The van der Waals surface area contributed by atoms with Crippen molar-refractivity contribution in [3.63, 3.8) is 0 Å². The Labute approximate surface area is 134 Å². The van der Waals surface area contributed by atoms with E-state index in [0.717, 1.165) is 22.9 Å². The van der Waals surface area contributed by atoms with Gasteiger partial charge in [0.15, 0.2) is 5.75 Å². The maximum Gasteiger partial charge on any atom is 0.220 e. The quantitative estimate of drug-likeness (QED) is 0.772. The zero-order valence-electron chi connectivity index (χ0n) is 13.1. The van der Waals surface area contributed by atoms with E-state index in [0.29, 0.717) is 17.2 Å². The molecule has 0 spiro atoms. The zero-order chi connectivity index (χ0) is 16.4. The number of hydrogen-bond donors (Lipinski definition) is 2. The number of hydrogen-bond acceptors (Lipinski definition) is 4. The number of H-pyrrole nitrogens is 1. The summed E-state index contributed by atoms with van der Waals surface area (Å²) >= 11 is 0. The molecular weight excluding hydrogens is 288 g/mol. The Morgan fingerprint density at radius 3 is 2.91 bits per heavy atom. The molecule has 0 unspecified atom stereocenters. The number of nitrogens with two attached hydrogens (primary N) is 1. The van der Waals surface area contributed by atoms with Crippen LogP contribution in [-0.2, 0) is 6.42 Å². The van der Waals surface area contributed by atoms with Gasteiger partial charge in [-0.2, -0.15) is 5.26 Å². The summed E-state index contributed by atoms with van der Waals surface area (Å²) in [5, 5.41) is 10.0. The van der Waals surface area contributed by atoms with Crippen LogP contribution in [-0.4, -0.2) is 15.5 Å². The van der Waals surface area contributed by atoms with Crippen LogP contribution in [0.2, 0.25) is 0 Å². The second-order valence-electron chi connectivity index (χ2n) is 6.25. The molecule has 0 saturated heterocycles. The number of aromatic amines is 1. The number of fused-ring (bicyclic) bond motifs is 1. The van der Waals surface area contributed by atoms with E-state index in [-0.39, 0.29) is 5.54 Å². The summed E-state index contributed by atoms with van der Waals surface area (Å²) in [6.45, 7) is 4.01. The molecule has 0 aliphatic rings. The molecule has 5 heteroatoms. The van der Waals surface area contributed by atoms with E-state index < -0.39 is 0 Å². The lowest BCUT2D eigenvalue weighted by atomic mass is 9.96. The molecule has 0 aliphatic heterocycles. The predicted octanol–water partition coefficient (Wildman–Crippen LogP) is 3.51. The largest absolute Gasteiger partial charge is 0.437 e. The van der Waals surface area contributed by atoms with Crippen molar-refractivity contribution in [3.8, 4) is 17.7 Å². The predicted molar refractivity (Wildman–Crippen MR) is 89.3 cm³/mol. The molecule has 5 nitrogen and oxygen atoms in total. The maximum absolute atomic E-state index is 8.96. The Morgan fingerprint density at radius 1 is 1.35 bits per heavy atom. The number of pyridine rings is 1. The fourth-order valence-electron chi connectivity index (χ4n) is 2.55. The molecule has 116 valence electrons. The number of aromatic nitrogens is 2. The third kappa shape index (κ3) is 3.33. The number of nitrogens with zero attached hydrogens (tertiary/aromatic N) is 2. The van der Waals surface area contributed by atoms with E-state index in [2.05, 4.69) is 16.0 Å². The van der Waals surface area contributed by atoms with Crippen molar-refractivity contribution in [3.05, 3.63) is 53.9 Å². The van der Waals surface area contributed by atoms with Crippen LogP contribution in [0.25, 0.3) is 10.9 Å². The lowest BCUT2D eigenvalue weighted by Crippen LogP contribution is -2.34. The number of nitriles is 1. The highest BCUT2D eigenvalue weighted by molar-refractivity contribution is 5.88.